The van der Waals surface area contributed by atoms with Crippen LogP contribution in [0.1, 0.15) is 38.5 Å². The van der Waals surface area contributed by atoms with Crippen LogP contribution in [0.25, 0.3) is 0 Å². The van der Waals surface area contributed by atoms with Gasteiger partial charge >= 0.3 is 0 Å². The van der Waals surface area contributed by atoms with Gasteiger partial charge in [0.15, 0.2) is 0 Å². The van der Waals surface area contributed by atoms with Crippen LogP contribution in [0.5, 0.6) is 0 Å². The Morgan fingerprint density at radius 3 is 2.93 bits per heavy atom. The van der Waals surface area contributed by atoms with Crippen molar-refractivity contribution in [1.82, 2.24) is 10.6 Å². The molecule has 2 rings (SSSR count). The minimum atomic E-state index is 0.750. The average Bonchev–Trinajstić information content (AvgIpc) is 2.79. The summed E-state index contributed by atoms with van der Waals surface area (Å²) in [5, 5.41) is 8.22. The fourth-order valence-electron chi connectivity index (χ4n) is 2.78. The van der Waals surface area contributed by atoms with Crippen LogP contribution in [0.4, 0.5) is 0 Å². The Balaban J connectivity index is 1.65. The second-order valence-electron chi connectivity index (χ2n) is 4.92. The fraction of sp³-hybridized carbons (Fsp3) is 1.00. The molecular formula is C12H24N2S. The van der Waals surface area contributed by atoms with E-state index in [2.05, 4.69) is 28.7 Å². The van der Waals surface area contributed by atoms with E-state index in [-0.39, 0.29) is 0 Å². The summed E-state index contributed by atoms with van der Waals surface area (Å²) < 4.78 is 0. The Bertz CT molecular complexity index is 180. The van der Waals surface area contributed by atoms with E-state index in [0.29, 0.717) is 0 Å². The number of thioether (sulfide) groups is 1. The van der Waals surface area contributed by atoms with Gasteiger partial charge in [0.25, 0.3) is 0 Å². The predicted molar refractivity (Wildman–Crippen MR) is 68.6 cm³/mol. The van der Waals surface area contributed by atoms with Crippen LogP contribution in [0.2, 0.25) is 0 Å². The van der Waals surface area contributed by atoms with Gasteiger partial charge in [0.1, 0.15) is 0 Å². The maximum absolute atomic E-state index is 3.75. The molecule has 3 heteroatoms. The van der Waals surface area contributed by atoms with Gasteiger partial charge in [0.2, 0.25) is 0 Å². The van der Waals surface area contributed by atoms with Crippen molar-refractivity contribution in [2.75, 3.05) is 19.3 Å². The van der Waals surface area contributed by atoms with Crippen LogP contribution < -0.4 is 10.6 Å². The molecule has 2 aliphatic rings. The lowest BCUT2D eigenvalue weighted by atomic mass is 9.95. The first-order valence-electron chi connectivity index (χ1n) is 6.38. The second kappa shape index (κ2) is 6.12. The van der Waals surface area contributed by atoms with E-state index in [1.54, 1.807) is 0 Å². The van der Waals surface area contributed by atoms with E-state index < -0.39 is 0 Å². The van der Waals surface area contributed by atoms with Gasteiger partial charge < -0.3 is 10.6 Å². The van der Waals surface area contributed by atoms with Crippen molar-refractivity contribution in [2.45, 2.75) is 55.9 Å². The van der Waals surface area contributed by atoms with Gasteiger partial charge in [-0.2, -0.15) is 11.8 Å². The quantitative estimate of drug-likeness (QED) is 0.769. The molecule has 2 fully saturated rings. The Morgan fingerprint density at radius 1 is 1.27 bits per heavy atom. The van der Waals surface area contributed by atoms with Gasteiger partial charge in [-0.1, -0.05) is 6.42 Å². The third-order valence-electron chi connectivity index (χ3n) is 3.77. The van der Waals surface area contributed by atoms with E-state index >= 15 is 0 Å². The van der Waals surface area contributed by atoms with Gasteiger partial charge in [-0.3, -0.25) is 0 Å². The highest BCUT2D eigenvalue weighted by Gasteiger charge is 2.22. The van der Waals surface area contributed by atoms with Crippen molar-refractivity contribution >= 4 is 11.8 Å². The summed E-state index contributed by atoms with van der Waals surface area (Å²) in [4.78, 5) is 0. The van der Waals surface area contributed by atoms with Crippen molar-refractivity contribution in [1.29, 1.82) is 0 Å². The molecule has 0 bridgehead atoms. The summed E-state index contributed by atoms with van der Waals surface area (Å²) in [5.41, 5.74) is 0. The van der Waals surface area contributed by atoms with Crippen LogP contribution in [0.3, 0.4) is 0 Å². The van der Waals surface area contributed by atoms with Crippen LogP contribution in [-0.2, 0) is 0 Å². The molecular weight excluding hydrogens is 204 g/mol. The van der Waals surface area contributed by atoms with Gasteiger partial charge in [0.05, 0.1) is 0 Å². The van der Waals surface area contributed by atoms with Crippen molar-refractivity contribution < 1.29 is 0 Å². The third-order valence-corrected chi connectivity index (χ3v) is 4.87. The standard InChI is InChI=1S/C12H24N2S/c1-15-12-6-2-4-10(8-12)14-9-11-5-3-7-13-11/h10-14H,2-9H2,1H3. The highest BCUT2D eigenvalue weighted by molar-refractivity contribution is 7.99. The van der Waals surface area contributed by atoms with Gasteiger partial charge in [-0.25, -0.2) is 0 Å². The molecule has 0 aromatic carbocycles. The summed E-state index contributed by atoms with van der Waals surface area (Å²) in [7, 11) is 0. The molecule has 1 aliphatic heterocycles. The molecule has 1 aliphatic carbocycles. The highest BCUT2D eigenvalue weighted by Crippen LogP contribution is 2.26. The van der Waals surface area contributed by atoms with Gasteiger partial charge in [-0.15, -0.1) is 0 Å². The zero-order chi connectivity index (χ0) is 10.5. The van der Waals surface area contributed by atoms with Gasteiger partial charge in [0, 0.05) is 23.9 Å². The maximum Gasteiger partial charge on any atom is 0.0193 e. The van der Waals surface area contributed by atoms with Crippen molar-refractivity contribution in [3.8, 4) is 0 Å². The molecule has 3 unspecified atom stereocenters. The fourth-order valence-corrected chi connectivity index (χ4v) is 3.61. The maximum atomic E-state index is 3.75. The molecule has 0 radical (unpaired) electrons. The van der Waals surface area contributed by atoms with Crippen molar-refractivity contribution in [3.05, 3.63) is 0 Å². The number of hydrogen-bond acceptors (Lipinski definition) is 3. The van der Waals surface area contributed by atoms with Crippen LogP contribution in [0.15, 0.2) is 0 Å². The molecule has 1 saturated carbocycles. The Hall–Kier alpha value is 0.270. The normalized spacial score (nSPS) is 37.0. The second-order valence-corrected chi connectivity index (χ2v) is 6.06. The largest absolute Gasteiger partial charge is 0.313 e. The first-order valence-corrected chi connectivity index (χ1v) is 7.67. The van der Waals surface area contributed by atoms with E-state index in [1.807, 2.05) is 0 Å². The molecule has 0 spiro atoms. The number of nitrogens with one attached hydrogen (secondary N) is 2. The molecule has 88 valence electrons. The SMILES string of the molecule is CSC1CCCC(NCC2CCCN2)C1. The Kier molecular flexibility index (Phi) is 4.79. The summed E-state index contributed by atoms with van der Waals surface area (Å²) in [6.07, 6.45) is 10.6. The molecule has 1 heterocycles. The van der Waals surface area contributed by atoms with Gasteiger partial charge in [-0.05, 0) is 44.9 Å². The smallest absolute Gasteiger partial charge is 0.0193 e. The number of hydrogen-bond donors (Lipinski definition) is 2. The third kappa shape index (κ3) is 3.65. The summed E-state index contributed by atoms with van der Waals surface area (Å²) >= 11 is 2.05. The summed E-state index contributed by atoms with van der Waals surface area (Å²) in [6.45, 7) is 2.41. The van der Waals surface area contributed by atoms with Crippen molar-refractivity contribution in [2.24, 2.45) is 0 Å². The topological polar surface area (TPSA) is 24.1 Å². The predicted octanol–water partition coefficient (Wildman–Crippen LogP) is 2.00. The Morgan fingerprint density at radius 2 is 2.20 bits per heavy atom. The average molecular weight is 228 g/mol. The lowest BCUT2D eigenvalue weighted by molar-refractivity contribution is 0.365. The first kappa shape index (κ1) is 11.7. The summed E-state index contributed by atoms with van der Waals surface area (Å²) in [5.74, 6) is 0. The highest BCUT2D eigenvalue weighted by atomic mass is 32.2. The minimum absolute atomic E-state index is 0.750. The molecule has 2 nitrogen and oxygen atoms in total. The van der Waals surface area contributed by atoms with E-state index in [4.69, 9.17) is 0 Å². The molecule has 15 heavy (non-hydrogen) atoms. The first-order chi connectivity index (χ1) is 7.38. The molecule has 0 amide bonds. The Labute approximate surface area is 98.0 Å². The van der Waals surface area contributed by atoms with Crippen molar-refractivity contribution in [3.63, 3.8) is 0 Å². The van der Waals surface area contributed by atoms with Crippen LogP contribution >= 0.6 is 11.8 Å². The summed E-state index contributed by atoms with van der Waals surface area (Å²) in [6, 6.07) is 1.54. The van der Waals surface area contributed by atoms with E-state index in [1.165, 1.54) is 51.6 Å². The monoisotopic (exact) mass is 228 g/mol. The zero-order valence-corrected chi connectivity index (χ0v) is 10.6. The van der Waals surface area contributed by atoms with E-state index in [0.717, 1.165) is 17.3 Å². The molecule has 2 N–H and O–H groups in total. The molecule has 3 atom stereocenters. The molecule has 1 saturated heterocycles. The zero-order valence-electron chi connectivity index (χ0n) is 9.80. The molecule has 0 aromatic heterocycles. The minimum Gasteiger partial charge on any atom is -0.313 e. The lowest BCUT2D eigenvalue weighted by Gasteiger charge is -2.29. The van der Waals surface area contributed by atoms with Crippen LogP contribution in [0, 0.1) is 0 Å². The lowest BCUT2D eigenvalue weighted by Crippen LogP contribution is -2.42. The van der Waals surface area contributed by atoms with E-state index in [9.17, 15) is 0 Å². The number of rotatable bonds is 4. The molecule has 0 aromatic rings. The van der Waals surface area contributed by atoms with Crippen LogP contribution in [-0.4, -0.2) is 36.7 Å².